The van der Waals surface area contributed by atoms with E-state index in [1.54, 1.807) is 19.1 Å². The number of rotatable bonds is 3. The highest BCUT2D eigenvalue weighted by molar-refractivity contribution is 7.85. The van der Waals surface area contributed by atoms with Crippen molar-refractivity contribution in [3.05, 3.63) is 28.8 Å². The van der Waals surface area contributed by atoms with Crippen LogP contribution in [0.15, 0.2) is 17.0 Å². The summed E-state index contributed by atoms with van der Waals surface area (Å²) in [5, 5.41) is 0. The van der Waals surface area contributed by atoms with Gasteiger partial charge in [0.25, 0.3) is 0 Å². The van der Waals surface area contributed by atoms with E-state index in [0.29, 0.717) is 10.5 Å². The second kappa shape index (κ2) is 5.43. The fourth-order valence-corrected chi connectivity index (χ4v) is 3.07. The molecular weight excluding hydrogens is 261 g/mol. The molecule has 0 saturated carbocycles. The summed E-state index contributed by atoms with van der Waals surface area (Å²) < 4.78 is 48.6. The van der Waals surface area contributed by atoms with Gasteiger partial charge in [-0.25, -0.2) is 0 Å². The Hall–Kier alpha value is -0.840. The van der Waals surface area contributed by atoms with E-state index in [-0.39, 0.29) is 5.92 Å². The summed E-state index contributed by atoms with van der Waals surface area (Å²) in [6, 6.07) is 3.45. The maximum atomic E-state index is 12.3. The van der Waals surface area contributed by atoms with Crippen LogP contribution in [0.5, 0.6) is 0 Å². The van der Waals surface area contributed by atoms with Gasteiger partial charge in [0, 0.05) is 4.90 Å². The quantitative estimate of drug-likeness (QED) is 0.813. The number of aryl methyl sites for hydroxylation is 2. The zero-order valence-electron chi connectivity index (χ0n) is 10.9. The van der Waals surface area contributed by atoms with Crippen molar-refractivity contribution in [2.45, 2.75) is 44.7 Å². The molecule has 0 aliphatic carbocycles. The minimum Gasteiger partial charge on any atom is -0.254 e. The topological polar surface area (TPSA) is 17.1 Å². The normalized spacial score (nSPS) is 14.0. The molecule has 0 amide bonds. The molecule has 0 aliphatic heterocycles. The molecule has 0 heterocycles. The van der Waals surface area contributed by atoms with Gasteiger partial charge in [0.05, 0.1) is 10.8 Å². The first-order valence-electron chi connectivity index (χ1n) is 5.68. The van der Waals surface area contributed by atoms with Gasteiger partial charge in [-0.15, -0.1) is 0 Å². The number of hydrogen-bond acceptors (Lipinski definition) is 1. The lowest BCUT2D eigenvalue weighted by atomic mass is 9.96. The van der Waals surface area contributed by atoms with E-state index in [1.165, 1.54) is 0 Å². The molecule has 1 nitrogen and oxygen atoms in total. The average Bonchev–Trinajstić information content (AvgIpc) is 2.13. The number of alkyl halides is 3. The Morgan fingerprint density at radius 1 is 1.17 bits per heavy atom. The summed E-state index contributed by atoms with van der Waals surface area (Å²) in [5.41, 5.74) is 2.63. The van der Waals surface area contributed by atoms with Gasteiger partial charge in [-0.05, 0) is 42.5 Å². The zero-order chi connectivity index (χ0) is 14.1. The smallest absolute Gasteiger partial charge is 0.254 e. The van der Waals surface area contributed by atoms with Crippen LogP contribution in [-0.2, 0) is 10.8 Å². The van der Waals surface area contributed by atoms with Crippen molar-refractivity contribution < 1.29 is 17.4 Å². The highest BCUT2D eigenvalue weighted by Gasteiger charge is 2.31. The Morgan fingerprint density at radius 2 is 1.72 bits per heavy atom. The first-order valence-corrected chi connectivity index (χ1v) is 7.00. The molecule has 1 atom stereocenters. The monoisotopic (exact) mass is 278 g/mol. The van der Waals surface area contributed by atoms with Gasteiger partial charge in [-0.2, -0.15) is 13.2 Å². The molecule has 102 valence electrons. The minimum absolute atomic E-state index is 0.201. The van der Waals surface area contributed by atoms with Crippen LogP contribution < -0.4 is 0 Å². The van der Waals surface area contributed by atoms with E-state index in [9.17, 15) is 17.4 Å². The predicted molar refractivity (Wildman–Crippen MR) is 67.3 cm³/mol. The predicted octanol–water partition coefficient (Wildman–Crippen LogP) is 4.10. The second-order valence-corrected chi connectivity index (χ2v) is 6.15. The van der Waals surface area contributed by atoms with Gasteiger partial charge in [0.15, 0.2) is 0 Å². The van der Waals surface area contributed by atoms with E-state index < -0.39 is 22.7 Å². The average molecular weight is 278 g/mol. The molecule has 0 saturated heterocycles. The molecule has 1 aromatic rings. The molecule has 1 unspecified atom stereocenters. The van der Waals surface area contributed by atoms with Crippen molar-refractivity contribution in [2.24, 2.45) is 0 Å². The van der Waals surface area contributed by atoms with Gasteiger partial charge in [-0.3, -0.25) is 4.21 Å². The molecule has 18 heavy (non-hydrogen) atoms. The standard InChI is InChI=1S/C13H17F3OS/c1-8(2)11-6-12(10(4)5-9(11)3)18(17)7-13(14,15)16/h5-6,8H,7H2,1-4H3. The van der Waals surface area contributed by atoms with Gasteiger partial charge in [0.1, 0.15) is 5.75 Å². The van der Waals surface area contributed by atoms with Gasteiger partial charge in [-0.1, -0.05) is 19.9 Å². The van der Waals surface area contributed by atoms with E-state index in [0.717, 1.165) is 11.1 Å². The van der Waals surface area contributed by atoms with E-state index >= 15 is 0 Å². The van der Waals surface area contributed by atoms with Crippen molar-refractivity contribution in [1.82, 2.24) is 0 Å². The van der Waals surface area contributed by atoms with Crippen LogP contribution in [0.25, 0.3) is 0 Å². The Kier molecular flexibility index (Phi) is 4.59. The summed E-state index contributed by atoms with van der Waals surface area (Å²) in [6.07, 6.45) is -4.40. The van der Waals surface area contributed by atoms with Crippen LogP contribution in [0.3, 0.4) is 0 Å². The molecule has 0 N–H and O–H groups in total. The van der Waals surface area contributed by atoms with Crippen LogP contribution in [-0.4, -0.2) is 16.1 Å². The SMILES string of the molecule is Cc1cc(C)c(S(=O)CC(F)(F)F)cc1C(C)C. The van der Waals surface area contributed by atoms with Crippen LogP contribution in [0.4, 0.5) is 13.2 Å². The number of benzene rings is 1. The molecule has 0 bridgehead atoms. The van der Waals surface area contributed by atoms with Crippen LogP contribution in [0.2, 0.25) is 0 Å². The summed E-state index contributed by atoms with van der Waals surface area (Å²) in [6.45, 7) is 7.54. The van der Waals surface area contributed by atoms with Crippen LogP contribution >= 0.6 is 0 Å². The molecule has 0 radical (unpaired) electrons. The third-order valence-corrected chi connectivity index (χ3v) is 4.25. The number of hydrogen-bond donors (Lipinski definition) is 0. The molecule has 0 fully saturated rings. The van der Waals surface area contributed by atoms with E-state index in [2.05, 4.69) is 0 Å². The third-order valence-electron chi connectivity index (χ3n) is 2.73. The van der Waals surface area contributed by atoms with Crippen molar-refractivity contribution in [2.75, 3.05) is 5.75 Å². The highest BCUT2D eigenvalue weighted by Crippen LogP contribution is 2.27. The maximum Gasteiger partial charge on any atom is 0.400 e. The molecule has 5 heteroatoms. The maximum absolute atomic E-state index is 12.3. The molecule has 0 spiro atoms. The van der Waals surface area contributed by atoms with Gasteiger partial charge in [0.2, 0.25) is 0 Å². The first kappa shape index (κ1) is 15.2. The van der Waals surface area contributed by atoms with Crippen LogP contribution in [0.1, 0.15) is 36.5 Å². The Labute approximate surface area is 108 Å². The molecule has 0 aliphatic rings. The number of halogens is 3. The van der Waals surface area contributed by atoms with E-state index in [1.807, 2.05) is 20.8 Å². The molecule has 0 aromatic heterocycles. The highest BCUT2D eigenvalue weighted by atomic mass is 32.2. The van der Waals surface area contributed by atoms with Crippen molar-refractivity contribution >= 4 is 10.8 Å². The summed E-state index contributed by atoms with van der Waals surface area (Å²) in [7, 11) is -2.02. The Balaban J connectivity index is 3.17. The van der Waals surface area contributed by atoms with Crippen LogP contribution in [0, 0.1) is 13.8 Å². The van der Waals surface area contributed by atoms with E-state index in [4.69, 9.17) is 0 Å². The lowest BCUT2D eigenvalue weighted by Gasteiger charge is -2.15. The summed E-state index contributed by atoms with van der Waals surface area (Å²) in [4.78, 5) is 0.293. The Bertz CT molecular complexity index is 464. The fraction of sp³-hybridized carbons (Fsp3) is 0.538. The van der Waals surface area contributed by atoms with Crippen molar-refractivity contribution in [3.63, 3.8) is 0 Å². The largest absolute Gasteiger partial charge is 0.400 e. The zero-order valence-corrected chi connectivity index (χ0v) is 11.7. The molecular formula is C13H17F3OS. The van der Waals surface area contributed by atoms with Crippen molar-refractivity contribution in [1.29, 1.82) is 0 Å². The molecule has 1 aromatic carbocycles. The summed E-state index contributed by atoms with van der Waals surface area (Å²) in [5.74, 6) is -1.08. The third kappa shape index (κ3) is 3.83. The fourth-order valence-electron chi connectivity index (χ4n) is 1.94. The van der Waals surface area contributed by atoms with Gasteiger partial charge < -0.3 is 0 Å². The van der Waals surface area contributed by atoms with Crippen molar-refractivity contribution in [3.8, 4) is 0 Å². The lowest BCUT2D eigenvalue weighted by molar-refractivity contribution is -0.105. The second-order valence-electron chi connectivity index (χ2n) is 4.73. The van der Waals surface area contributed by atoms with Gasteiger partial charge >= 0.3 is 6.18 Å². The Morgan fingerprint density at radius 3 is 2.17 bits per heavy atom. The minimum atomic E-state index is -4.40. The lowest BCUT2D eigenvalue weighted by Crippen LogP contribution is -2.19. The molecule has 1 rings (SSSR count). The summed E-state index contributed by atoms with van der Waals surface area (Å²) >= 11 is 0. The first-order chi connectivity index (χ1) is 8.11.